The smallest absolute Gasteiger partial charge is 0.278 e. The van der Waals surface area contributed by atoms with E-state index in [0.717, 1.165) is 18.6 Å². The van der Waals surface area contributed by atoms with Gasteiger partial charge in [0, 0.05) is 12.2 Å². The molecule has 8 heteroatoms. The first kappa shape index (κ1) is 20.7. The number of carbonyl (C=O) groups excluding carboxylic acids is 1. The third kappa shape index (κ3) is 18.7. The second-order valence-corrected chi connectivity index (χ2v) is 7.98. The van der Waals surface area contributed by atoms with E-state index >= 15 is 0 Å². The van der Waals surface area contributed by atoms with Gasteiger partial charge >= 0.3 is 0 Å². The number of rotatable bonds is 16. The lowest BCUT2D eigenvalue weighted by Gasteiger charge is -2.07. The molecule has 20 heavy (non-hydrogen) atoms. The van der Waals surface area contributed by atoms with Crippen molar-refractivity contribution >= 4 is 44.1 Å². The number of halogens is 1. The maximum atomic E-state index is 10.0. The molecule has 0 heterocycles. The van der Waals surface area contributed by atoms with E-state index in [1.807, 2.05) is 11.6 Å². The van der Waals surface area contributed by atoms with Gasteiger partial charge in [0.1, 0.15) is 6.29 Å². The number of hydrogen-bond donors (Lipinski definition) is 0. The summed E-state index contributed by atoms with van der Waals surface area (Å²) in [5, 5.41) is 0. The Balaban J connectivity index is 2.94. The first-order chi connectivity index (χ1) is 9.77. The van der Waals surface area contributed by atoms with Gasteiger partial charge in [-0.3, -0.25) is 0 Å². The highest BCUT2D eigenvalue weighted by molar-refractivity contribution is 14.1. The third-order valence-electron chi connectivity index (χ3n) is 2.07. The molecule has 0 spiro atoms. The number of hydrogen-bond acceptors (Lipinski definition) is 6. The van der Waals surface area contributed by atoms with Gasteiger partial charge < -0.3 is 23.7 Å². The van der Waals surface area contributed by atoms with Crippen molar-refractivity contribution in [2.24, 2.45) is 0 Å². The lowest BCUT2D eigenvalue weighted by molar-refractivity contribution is -0.108. The van der Waals surface area contributed by atoms with Crippen LogP contribution in [0.1, 0.15) is 6.42 Å². The van der Waals surface area contributed by atoms with E-state index in [0.29, 0.717) is 56.5 Å². The van der Waals surface area contributed by atoms with Crippen LogP contribution in [0.25, 0.3) is 0 Å². The molecule has 0 fully saturated rings. The van der Waals surface area contributed by atoms with Crippen LogP contribution in [0.15, 0.2) is 0 Å². The van der Waals surface area contributed by atoms with E-state index in [1.54, 1.807) is 0 Å². The van der Waals surface area contributed by atoms with Gasteiger partial charge in [-0.15, -0.1) is 22.4 Å². The summed E-state index contributed by atoms with van der Waals surface area (Å²) in [7, 11) is 0. The molecule has 0 bridgehead atoms. The molecule has 0 amide bonds. The largest absolute Gasteiger partial charge is 0.379 e. The zero-order valence-electron chi connectivity index (χ0n) is 12.1. The van der Waals surface area contributed by atoms with E-state index in [9.17, 15) is 4.79 Å². The van der Waals surface area contributed by atoms with E-state index in [4.69, 9.17) is 18.9 Å². The molecule has 0 aliphatic carbocycles. The lowest BCUT2D eigenvalue weighted by Crippen LogP contribution is -2.12. The molecule has 5 nitrogen and oxygen atoms in total. The molecule has 118 valence electrons. The Morgan fingerprint density at radius 1 is 0.900 bits per heavy atom. The Labute approximate surface area is 139 Å². The minimum Gasteiger partial charge on any atom is -0.379 e. The summed E-state index contributed by atoms with van der Waals surface area (Å²) in [5.74, 6) is 1.03. The summed E-state index contributed by atoms with van der Waals surface area (Å²) in [6.45, 7) is 6.81. The fraction of sp³-hybridized carbons (Fsp3) is 0.917. The van der Waals surface area contributed by atoms with Crippen LogP contribution >= 0.6 is 34.0 Å². The molecule has 0 radical (unpaired) electrons. The topological polar surface area (TPSA) is 54.0 Å². The number of ether oxygens (including phenoxy) is 4. The van der Waals surface area contributed by atoms with Crippen molar-refractivity contribution in [3.8, 4) is 0 Å². The quantitative estimate of drug-likeness (QED) is 0.165. The SMILES string of the molecule is CB(I)SCCOCCOCCOCCOCCC=O. The lowest BCUT2D eigenvalue weighted by atomic mass is 10.2. The predicted octanol–water partition coefficient (Wildman–Crippen LogP) is 1.93. The molecule has 0 aromatic rings. The second kappa shape index (κ2) is 17.7. The Hall–Kier alpha value is 0.655. The normalized spacial score (nSPS) is 10.7. The summed E-state index contributed by atoms with van der Waals surface area (Å²) in [6, 6.07) is 0. The van der Waals surface area contributed by atoms with E-state index in [1.165, 1.54) is 0 Å². The average molecular weight is 418 g/mol. The summed E-state index contributed by atoms with van der Waals surface area (Å²) >= 11 is 4.27. The highest BCUT2D eigenvalue weighted by Gasteiger charge is 2.00. The van der Waals surface area contributed by atoms with Gasteiger partial charge in [0.25, 0.3) is 3.85 Å². The maximum Gasteiger partial charge on any atom is 0.278 e. The van der Waals surface area contributed by atoms with Crippen molar-refractivity contribution in [3.63, 3.8) is 0 Å². The minimum atomic E-state index is 0.443. The van der Waals surface area contributed by atoms with Gasteiger partial charge in [0.2, 0.25) is 0 Å². The third-order valence-corrected chi connectivity index (χ3v) is 4.01. The Morgan fingerprint density at radius 3 is 1.80 bits per heavy atom. The number of aldehydes is 1. The van der Waals surface area contributed by atoms with Crippen LogP contribution < -0.4 is 0 Å². The molecule has 0 aliphatic rings. The van der Waals surface area contributed by atoms with Crippen molar-refractivity contribution < 1.29 is 23.7 Å². The molecular weight excluding hydrogens is 394 g/mol. The molecule has 0 unspecified atom stereocenters. The monoisotopic (exact) mass is 418 g/mol. The van der Waals surface area contributed by atoms with Crippen LogP contribution in [-0.2, 0) is 23.7 Å². The van der Waals surface area contributed by atoms with Crippen molar-refractivity contribution in [3.05, 3.63) is 0 Å². The van der Waals surface area contributed by atoms with Crippen molar-refractivity contribution in [2.75, 3.05) is 58.6 Å². The summed E-state index contributed by atoms with van der Waals surface area (Å²) in [6.07, 6.45) is 1.29. The Kier molecular flexibility index (Phi) is 18.3. The molecule has 0 aromatic heterocycles. The standard InChI is InChI=1S/C12H24BIO5S/c1-13(14)20-12-11-19-10-9-18-8-7-17-6-5-16-4-2-3-15/h3H,2,4-12H2,1H3. The van der Waals surface area contributed by atoms with Crippen LogP contribution in [-0.4, -0.2) is 68.7 Å². The summed E-state index contributed by atoms with van der Waals surface area (Å²) in [5.41, 5.74) is 0. The Morgan fingerprint density at radius 2 is 1.35 bits per heavy atom. The van der Waals surface area contributed by atoms with Crippen molar-refractivity contribution in [2.45, 2.75) is 13.2 Å². The van der Waals surface area contributed by atoms with Gasteiger partial charge in [-0.25, -0.2) is 0 Å². The van der Waals surface area contributed by atoms with Gasteiger partial charge in [-0.2, -0.15) is 11.6 Å². The van der Waals surface area contributed by atoms with Gasteiger partial charge in [0.05, 0.1) is 52.9 Å². The summed E-state index contributed by atoms with van der Waals surface area (Å²) < 4.78 is 21.9. The first-order valence-corrected chi connectivity index (χ1v) is 9.07. The molecule has 0 aliphatic heterocycles. The molecule has 0 N–H and O–H groups in total. The molecule has 0 aromatic carbocycles. The fourth-order valence-corrected chi connectivity index (χ4v) is 2.46. The van der Waals surface area contributed by atoms with Crippen molar-refractivity contribution in [1.82, 2.24) is 0 Å². The highest BCUT2D eigenvalue weighted by atomic mass is 127. The minimum absolute atomic E-state index is 0.443. The predicted molar refractivity (Wildman–Crippen MR) is 92.1 cm³/mol. The van der Waals surface area contributed by atoms with Crippen LogP contribution in [0.4, 0.5) is 0 Å². The zero-order chi connectivity index (χ0) is 14.9. The van der Waals surface area contributed by atoms with Crippen molar-refractivity contribution in [1.29, 1.82) is 0 Å². The number of carbonyl (C=O) groups is 1. The van der Waals surface area contributed by atoms with Gasteiger partial charge in [-0.05, 0) is 0 Å². The zero-order valence-corrected chi connectivity index (χ0v) is 15.0. The fourth-order valence-electron chi connectivity index (χ4n) is 1.16. The highest BCUT2D eigenvalue weighted by Crippen LogP contribution is 2.11. The van der Waals surface area contributed by atoms with Gasteiger partial charge in [-0.1, -0.05) is 6.82 Å². The molecular formula is C12H24BIO5S. The van der Waals surface area contributed by atoms with Crippen LogP contribution in [0.2, 0.25) is 6.82 Å². The van der Waals surface area contributed by atoms with E-state index < -0.39 is 0 Å². The molecule has 0 saturated heterocycles. The van der Waals surface area contributed by atoms with Gasteiger partial charge in [0.15, 0.2) is 0 Å². The molecule has 0 rings (SSSR count). The van der Waals surface area contributed by atoms with E-state index in [2.05, 4.69) is 29.2 Å². The van der Waals surface area contributed by atoms with E-state index in [-0.39, 0.29) is 0 Å². The maximum absolute atomic E-state index is 10.0. The molecule has 0 saturated carbocycles. The summed E-state index contributed by atoms with van der Waals surface area (Å²) in [4.78, 5) is 10.0. The average Bonchev–Trinajstić information content (AvgIpc) is 2.43. The first-order valence-electron chi connectivity index (χ1n) is 6.77. The van der Waals surface area contributed by atoms with Crippen LogP contribution in [0.3, 0.4) is 0 Å². The van der Waals surface area contributed by atoms with Crippen LogP contribution in [0, 0.1) is 0 Å². The second-order valence-electron chi connectivity index (χ2n) is 3.82. The molecule has 0 atom stereocenters. The Bertz CT molecular complexity index is 212. The van der Waals surface area contributed by atoms with Crippen LogP contribution in [0.5, 0.6) is 0 Å².